The third-order valence-corrected chi connectivity index (χ3v) is 3.65. The first-order valence-corrected chi connectivity index (χ1v) is 6.45. The third kappa shape index (κ3) is 2.79. The molecule has 0 aliphatic carbocycles. The molecule has 19 heavy (non-hydrogen) atoms. The molecule has 0 aliphatic rings. The summed E-state index contributed by atoms with van der Waals surface area (Å²) in [5.41, 5.74) is 1.02. The molecule has 0 unspecified atom stereocenters. The first kappa shape index (κ1) is 13.2. The number of thiophene rings is 1. The Balaban J connectivity index is 2.25. The van der Waals surface area contributed by atoms with Crippen LogP contribution in [0.25, 0.3) is 0 Å². The smallest absolute Gasteiger partial charge is 0.353 e. The van der Waals surface area contributed by atoms with Crippen molar-refractivity contribution in [3.63, 3.8) is 0 Å². The number of aryl methyl sites for hydroxylation is 1. The number of hydrogen-bond donors (Lipinski definition) is 2. The van der Waals surface area contributed by atoms with Crippen LogP contribution in [0.3, 0.4) is 0 Å². The topological polar surface area (TPSA) is 93.0 Å². The van der Waals surface area contributed by atoms with Crippen molar-refractivity contribution in [1.29, 1.82) is 0 Å². The van der Waals surface area contributed by atoms with Gasteiger partial charge >= 0.3 is 5.69 Å². The highest BCUT2D eigenvalue weighted by atomic mass is 32.1. The van der Waals surface area contributed by atoms with Crippen molar-refractivity contribution in [2.45, 2.75) is 13.5 Å². The predicted molar refractivity (Wildman–Crippen MR) is 74.6 cm³/mol. The lowest BCUT2D eigenvalue weighted by atomic mass is 10.3. The Hall–Kier alpha value is -2.22. The molecule has 0 saturated carbocycles. The summed E-state index contributed by atoms with van der Waals surface area (Å²) in [6, 6.07) is 2.01. The van der Waals surface area contributed by atoms with Crippen molar-refractivity contribution in [3.05, 3.63) is 38.3 Å². The zero-order valence-corrected chi connectivity index (χ0v) is 11.3. The molecule has 0 fully saturated rings. The van der Waals surface area contributed by atoms with Gasteiger partial charge in [0.1, 0.15) is 6.33 Å². The van der Waals surface area contributed by atoms with E-state index in [4.69, 9.17) is 0 Å². The summed E-state index contributed by atoms with van der Waals surface area (Å²) in [5, 5.41) is 18.7. The normalized spacial score (nSPS) is 10.2. The molecule has 2 rings (SSSR count). The fourth-order valence-electron chi connectivity index (χ4n) is 1.61. The number of hydrogen-bond acceptors (Lipinski definition) is 7. The van der Waals surface area contributed by atoms with Crippen LogP contribution in [0.2, 0.25) is 0 Å². The van der Waals surface area contributed by atoms with Gasteiger partial charge in [0.15, 0.2) is 0 Å². The average molecular weight is 279 g/mol. The Morgan fingerprint density at radius 3 is 2.74 bits per heavy atom. The molecule has 2 N–H and O–H groups in total. The second kappa shape index (κ2) is 5.61. The van der Waals surface area contributed by atoms with Crippen LogP contribution in [0.5, 0.6) is 0 Å². The molecule has 8 heteroatoms. The molecule has 0 atom stereocenters. The van der Waals surface area contributed by atoms with Crippen LogP contribution < -0.4 is 10.6 Å². The minimum Gasteiger partial charge on any atom is -0.367 e. The van der Waals surface area contributed by atoms with Crippen molar-refractivity contribution < 1.29 is 4.92 Å². The molecule has 0 amide bonds. The number of aromatic nitrogens is 2. The highest BCUT2D eigenvalue weighted by Gasteiger charge is 2.21. The number of nitrogens with one attached hydrogen (secondary N) is 2. The largest absolute Gasteiger partial charge is 0.367 e. The van der Waals surface area contributed by atoms with Crippen LogP contribution in [-0.2, 0) is 6.54 Å². The lowest BCUT2D eigenvalue weighted by molar-refractivity contribution is -0.383. The van der Waals surface area contributed by atoms with Gasteiger partial charge in [-0.2, -0.15) is 0 Å². The molecule has 0 saturated heterocycles. The van der Waals surface area contributed by atoms with Gasteiger partial charge in [-0.15, -0.1) is 11.3 Å². The number of nitro groups is 1. The van der Waals surface area contributed by atoms with E-state index in [-0.39, 0.29) is 17.3 Å². The highest BCUT2D eigenvalue weighted by Crippen LogP contribution is 2.29. The fraction of sp³-hybridized carbons (Fsp3) is 0.273. The fourth-order valence-corrected chi connectivity index (χ4v) is 2.46. The van der Waals surface area contributed by atoms with Crippen LogP contribution in [0, 0.1) is 17.0 Å². The molecule has 0 spiro atoms. The minimum absolute atomic E-state index is 0.140. The van der Waals surface area contributed by atoms with Crippen LogP contribution in [-0.4, -0.2) is 21.9 Å². The van der Waals surface area contributed by atoms with Gasteiger partial charge in [0.25, 0.3) is 0 Å². The first-order valence-electron chi connectivity index (χ1n) is 5.57. The Morgan fingerprint density at radius 1 is 1.42 bits per heavy atom. The lowest BCUT2D eigenvalue weighted by Crippen LogP contribution is -2.08. The molecule has 2 aromatic heterocycles. The predicted octanol–water partition coefficient (Wildman–Crippen LogP) is 2.41. The van der Waals surface area contributed by atoms with Gasteiger partial charge in [0, 0.05) is 11.9 Å². The zero-order chi connectivity index (χ0) is 13.8. The SMILES string of the molecule is CNc1ncnc(NCc2sccc2C)c1[N+](=O)[O-]. The Kier molecular flexibility index (Phi) is 3.91. The molecule has 0 radical (unpaired) electrons. The van der Waals surface area contributed by atoms with Crippen molar-refractivity contribution in [2.24, 2.45) is 0 Å². The molecule has 100 valence electrons. The first-order chi connectivity index (χ1) is 9.13. The summed E-state index contributed by atoms with van der Waals surface area (Å²) < 4.78 is 0. The van der Waals surface area contributed by atoms with E-state index in [9.17, 15) is 10.1 Å². The van der Waals surface area contributed by atoms with E-state index < -0.39 is 4.92 Å². The highest BCUT2D eigenvalue weighted by molar-refractivity contribution is 7.10. The molecule has 0 aliphatic heterocycles. The van der Waals surface area contributed by atoms with Gasteiger partial charge in [-0.25, -0.2) is 9.97 Å². The summed E-state index contributed by atoms with van der Waals surface area (Å²) in [4.78, 5) is 19.5. The summed E-state index contributed by atoms with van der Waals surface area (Å²) >= 11 is 1.60. The van der Waals surface area contributed by atoms with Crippen LogP contribution >= 0.6 is 11.3 Å². The van der Waals surface area contributed by atoms with Crippen molar-refractivity contribution in [2.75, 3.05) is 17.7 Å². The minimum atomic E-state index is -0.491. The summed E-state index contributed by atoms with van der Waals surface area (Å²) in [6.07, 6.45) is 1.29. The molecular weight excluding hydrogens is 266 g/mol. The molecular formula is C11H13N5O2S. The monoisotopic (exact) mass is 279 g/mol. The Morgan fingerprint density at radius 2 is 2.16 bits per heavy atom. The van der Waals surface area contributed by atoms with Crippen LogP contribution in [0.4, 0.5) is 17.3 Å². The van der Waals surface area contributed by atoms with Gasteiger partial charge in [-0.3, -0.25) is 10.1 Å². The second-order valence-corrected chi connectivity index (χ2v) is 4.81. The van der Waals surface area contributed by atoms with Gasteiger partial charge in [0.05, 0.1) is 11.5 Å². The van der Waals surface area contributed by atoms with E-state index in [1.165, 1.54) is 6.33 Å². The van der Waals surface area contributed by atoms with Crippen molar-refractivity contribution in [3.8, 4) is 0 Å². The molecule has 2 heterocycles. The van der Waals surface area contributed by atoms with Crippen LogP contribution in [0.15, 0.2) is 17.8 Å². The second-order valence-electron chi connectivity index (χ2n) is 3.81. The third-order valence-electron chi connectivity index (χ3n) is 2.63. The summed E-state index contributed by atoms with van der Waals surface area (Å²) in [5.74, 6) is 0.419. The van der Waals surface area contributed by atoms with E-state index >= 15 is 0 Å². The maximum atomic E-state index is 11.1. The average Bonchev–Trinajstić information content (AvgIpc) is 2.81. The Labute approximate surface area is 113 Å². The quantitative estimate of drug-likeness (QED) is 0.645. The van der Waals surface area contributed by atoms with Gasteiger partial charge in [0.2, 0.25) is 11.6 Å². The van der Waals surface area contributed by atoms with E-state index in [1.807, 2.05) is 18.4 Å². The summed E-state index contributed by atoms with van der Waals surface area (Å²) in [7, 11) is 1.59. The Bertz CT molecular complexity index is 599. The maximum absolute atomic E-state index is 11.1. The van der Waals surface area contributed by atoms with Crippen molar-refractivity contribution >= 4 is 28.7 Å². The van der Waals surface area contributed by atoms with E-state index in [0.29, 0.717) is 6.54 Å². The standard InChI is InChI=1S/C11H13N5O2S/c1-7-3-4-19-8(7)5-13-11-9(16(17)18)10(12-2)14-6-15-11/h3-4,6H,5H2,1-2H3,(H2,12,13,14,15). The van der Waals surface area contributed by atoms with Gasteiger partial charge in [-0.1, -0.05) is 0 Å². The van der Waals surface area contributed by atoms with E-state index in [0.717, 1.165) is 10.4 Å². The number of rotatable bonds is 5. The molecule has 7 nitrogen and oxygen atoms in total. The van der Waals surface area contributed by atoms with E-state index in [2.05, 4.69) is 20.6 Å². The zero-order valence-electron chi connectivity index (χ0n) is 10.5. The van der Waals surface area contributed by atoms with Gasteiger partial charge < -0.3 is 10.6 Å². The number of nitrogens with zero attached hydrogens (tertiary/aromatic N) is 3. The molecule has 2 aromatic rings. The number of anilines is 2. The van der Waals surface area contributed by atoms with E-state index in [1.54, 1.807) is 18.4 Å². The van der Waals surface area contributed by atoms with Gasteiger partial charge in [-0.05, 0) is 23.9 Å². The lowest BCUT2D eigenvalue weighted by Gasteiger charge is -2.07. The van der Waals surface area contributed by atoms with Crippen LogP contribution in [0.1, 0.15) is 10.4 Å². The molecule has 0 aromatic carbocycles. The van der Waals surface area contributed by atoms with Crippen molar-refractivity contribution in [1.82, 2.24) is 9.97 Å². The molecule has 0 bridgehead atoms. The maximum Gasteiger partial charge on any atom is 0.353 e. The summed E-state index contributed by atoms with van der Waals surface area (Å²) in [6.45, 7) is 2.51.